The summed E-state index contributed by atoms with van der Waals surface area (Å²) in [6, 6.07) is 8.16. The standard InChI is InChI=1S/C16H20N2O3S/c1-12-2-4-13(5-3-12)16-18(15(20)11-22-16)10-14(19)17-6-8-21-9-7-17/h2-5,16H,6-11H2,1H3. The van der Waals surface area contributed by atoms with Gasteiger partial charge in [-0.3, -0.25) is 9.59 Å². The predicted molar refractivity (Wildman–Crippen MR) is 85.5 cm³/mol. The molecule has 0 saturated carbocycles. The maximum atomic E-state index is 12.4. The molecule has 0 aliphatic carbocycles. The number of benzene rings is 1. The highest BCUT2D eigenvalue weighted by Gasteiger charge is 2.35. The lowest BCUT2D eigenvalue weighted by molar-refractivity contribution is -0.141. The van der Waals surface area contributed by atoms with Gasteiger partial charge in [0.15, 0.2) is 0 Å². The van der Waals surface area contributed by atoms with Crippen LogP contribution in [-0.2, 0) is 14.3 Å². The maximum absolute atomic E-state index is 12.4. The van der Waals surface area contributed by atoms with E-state index in [0.29, 0.717) is 32.1 Å². The number of aryl methyl sites for hydroxylation is 1. The number of ether oxygens (including phenoxy) is 1. The van der Waals surface area contributed by atoms with E-state index in [1.807, 2.05) is 31.2 Å². The van der Waals surface area contributed by atoms with Gasteiger partial charge in [-0.15, -0.1) is 11.8 Å². The first kappa shape index (κ1) is 15.4. The Morgan fingerprint density at radius 1 is 1.27 bits per heavy atom. The third kappa shape index (κ3) is 3.28. The van der Waals surface area contributed by atoms with Gasteiger partial charge in [0.25, 0.3) is 0 Å². The summed E-state index contributed by atoms with van der Waals surface area (Å²) in [5.74, 6) is 0.489. The van der Waals surface area contributed by atoms with Crippen molar-refractivity contribution in [3.05, 3.63) is 35.4 Å². The molecule has 2 heterocycles. The van der Waals surface area contributed by atoms with Gasteiger partial charge >= 0.3 is 0 Å². The number of thioether (sulfide) groups is 1. The van der Waals surface area contributed by atoms with E-state index in [9.17, 15) is 9.59 Å². The zero-order valence-corrected chi connectivity index (χ0v) is 13.5. The minimum Gasteiger partial charge on any atom is -0.378 e. The molecule has 118 valence electrons. The van der Waals surface area contributed by atoms with Crippen molar-refractivity contribution in [3.63, 3.8) is 0 Å². The van der Waals surface area contributed by atoms with Crippen molar-refractivity contribution in [3.8, 4) is 0 Å². The number of rotatable bonds is 3. The molecule has 2 saturated heterocycles. The van der Waals surface area contributed by atoms with Crippen molar-refractivity contribution in [1.29, 1.82) is 0 Å². The van der Waals surface area contributed by atoms with Gasteiger partial charge in [0.1, 0.15) is 11.9 Å². The molecule has 2 aliphatic rings. The highest BCUT2D eigenvalue weighted by atomic mass is 32.2. The number of hydrogen-bond acceptors (Lipinski definition) is 4. The number of carbonyl (C=O) groups excluding carboxylic acids is 2. The number of carbonyl (C=O) groups is 2. The number of nitrogens with zero attached hydrogens (tertiary/aromatic N) is 2. The van der Waals surface area contributed by atoms with Crippen LogP contribution in [0.4, 0.5) is 0 Å². The van der Waals surface area contributed by atoms with Gasteiger partial charge in [-0.2, -0.15) is 0 Å². The average Bonchev–Trinajstić information content (AvgIpc) is 2.90. The normalized spacial score (nSPS) is 22.2. The quantitative estimate of drug-likeness (QED) is 0.845. The molecule has 0 bridgehead atoms. The first-order valence-electron chi connectivity index (χ1n) is 7.48. The Balaban J connectivity index is 1.70. The molecule has 1 aromatic rings. The Kier molecular flexibility index (Phi) is 4.69. The van der Waals surface area contributed by atoms with Crippen LogP contribution < -0.4 is 0 Å². The van der Waals surface area contributed by atoms with Crippen molar-refractivity contribution in [2.75, 3.05) is 38.6 Å². The molecular weight excluding hydrogens is 300 g/mol. The first-order valence-corrected chi connectivity index (χ1v) is 8.53. The van der Waals surface area contributed by atoms with Crippen LogP contribution in [0, 0.1) is 6.92 Å². The smallest absolute Gasteiger partial charge is 0.242 e. The van der Waals surface area contributed by atoms with Crippen molar-refractivity contribution in [1.82, 2.24) is 9.80 Å². The van der Waals surface area contributed by atoms with Crippen LogP contribution in [-0.4, -0.2) is 60.2 Å². The van der Waals surface area contributed by atoms with Gasteiger partial charge in [0.05, 0.1) is 19.0 Å². The summed E-state index contributed by atoms with van der Waals surface area (Å²) in [5, 5.41) is -0.0573. The van der Waals surface area contributed by atoms with Gasteiger partial charge in [-0.05, 0) is 12.5 Å². The Bertz CT molecular complexity index is 555. The van der Waals surface area contributed by atoms with Crippen LogP contribution in [0.3, 0.4) is 0 Å². The minimum absolute atomic E-state index is 0.0104. The van der Waals surface area contributed by atoms with E-state index in [1.54, 1.807) is 21.6 Å². The van der Waals surface area contributed by atoms with Crippen molar-refractivity contribution in [2.24, 2.45) is 0 Å². The maximum Gasteiger partial charge on any atom is 0.242 e. The Hall–Kier alpha value is -1.53. The van der Waals surface area contributed by atoms with Crippen LogP contribution in [0.1, 0.15) is 16.5 Å². The summed E-state index contributed by atoms with van der Waals surface area (Å²) >= 11 is 1.59. The second kappa shape index (κ2) is 6.71. The highest BCUT2D eigenvalue weighted by Crippen LogP contribution is 2.38. The van der Waals surface area contributed by atoms with Crippen molar-refractivity contribution >= 4 is 23.6 Å². The Morgan fingerprint density at radius 2 is 1.95 bits per heavy atom. The summed E-state index contributed by atoms with van der Waals surface area (Å²) in [6.07, 6.45) is 0. The number of amides is 2. The summed E-state index contributed by atoms with van der Waals surface area (Å²) in [7, 11) is 0. The topological polar surface area (TPSA) is 49.9 Å². The van der Waals surface area contributed by atoms with Gasteiger partial charge in [0.2, 0.25) is 11.8 Å². The Labute approximate surface area is 134 Å². The summed E-state index contributed by atoms with van der Waals surface area (Å²) < 4.78 is 5.26. The van der Waals surface area contributed by atoms with Gasteiger partial charge in [-0.1, -0.05) is 29.8 Å². The Morgan fingerprint density at radius 3 is 2.64 bits per heavy atom. The monoisotopic (exact) mass is 320 g/mol. The van der Waals surface area contributed by atoms with E-state index in [4.69, 9.17) is 4.74 Å². The first-order chi connectivity index (χ1) is 10.6. The van der Waals surface area contributed by atoms with E-state index in [1.165, 1.54) is 5.56 Å². The van der Waals surface area contributed by atoms with Crippen molar-refractivity contribution in [2.45, 2.75) is 12.3 Å². The molecule has 1 unspecified atom stereocenters. The lowest BCUT2D eigenvalue weighted by Gasteiger charge is -2.30. The van der Waals surface area contributed by atoms with Gasteiger partial charge in [-0.25, -0.2) is 0 Å². The van der Waals surface area contributed by atoms with E-state index >= 15 is 0 Å². The molecule has 2 aliphatic heterocycles. The minimum atomic E-state index is -0.0573. The van der Waals surface area contributed by atoms with Gasteiger partial charge in [0, 0.05) is 13.1 Å². The van der Waals surface area contributed by atoms with Crippen LogP contribution in [0.15, 0.2) is 24.3 Å². The second-order valence-electron chi connectivity index (χ2n) is 5.59. The molecule has 0 spiro atoms. The molecule has 6 heteroatoms. The molecular formula is C16H20N2O3S. The molecule has 0 N–H and O–H groups in total. The molecule has 0 radical (unpaired) electrons. The highest BCUT2D eigenvalue weighted by molar-refractivity contribution is 8.00. The fraction of sp³-hybridized carbons (Fsp3) is 0.500. The molecule has 1 aromatic carbocycles. The average molecular weight is 320 g/mol. The largest absolute Gasteiger partial charge is 0.378 e. The predicted octanol–water partition coefficient (Wildman–Crippen LogP) is 1.43. The number of hydrogen-bond donors (Lipinski definition) is 0. The molecule has 5 nitrogen and oxygen atoms in total. The van der Waals surface area contributed by atoms with Gasteiger partial charge < -0.3 is 14.5 Å². The van der Waals surface area contributed by atoms with Crippen LogP contribution in [0.25, 0.3) is 0 Å². The zero-order valence-electron chi connectivity index (χ0n) is 12.7. The van der Waals surface area contributed by atoms with E-state index in [0.717, 1.165) is 5.56 Å². The second-order valence-corrected chi connectivity index (χ2v) is 6.66. The zero-order chi connectivity index (χ0) is 15.5. The summed E-state index contributed by atoms with van der Waals surface area (Å²) in [5.41, 5.74) is 2.27. The van der Waals surface area contributed by atoms with Crippen LogP contribution in [0.5, 0.6) is 0 Å². The van der Waals surface area contributed by atoms with E-state index in [-0.39, 0.29) is 23.7 Å². The van der Waals surface area contributed by atoms with Crippen LogP contribution in [0.2, 0.25) is 0 Å². The van der Waals surface area contributed by atoms with E-state index in [2.05, 4.69) is 0 Å². The molecule has 2 amide bonds. The number of morpholine rings is 1. The fourth-order valence-electron chi connectivity index (χ4n) is 2.69. The van der Waals surface area contributed by atoms with E-state index < -0.39 is 0 Å². The third-order valence-electron chi connectivity index (χ3n) is 4.00. The third-order valence-corrected chi connectivity index (χ3v) is 5.26. The molecule has 22 heavy (non-hydrogen) atoms. The lowest BCUT2D eigenvalue weighted by Crippen LogP contribution is -2.46. The lowest BCUT2D eigenvalue weighted by atomic mass is 10.1. The van der Waals surface area contributed by atoms with Crippen molar-refractivity contribution < 1.29 is 14.3 Å². The SMILES string of the molecule is Cc1ccc(C2SCC(=O)N2CC(=O)N2CCOCC2)cc1. The molecule has 3 rings (SSSR count). The molecule has 2 fully saturated rings. The van der Waals surface area contributed by atoms with Crippen LogP contribution >= 0.6 is 11.8 Å². The molecule has 1 atom stereocenters. The summed E-state index contributed by atoms with van der Waals surface area (Å²) in [4.78, 5) is 28.0. The fourth-order valence-corrected chi connectivity index (χ4v) is 3.88. The summed E-state index contributed by atoms with van der Waals surface area (Å²) in [6.45, 7) is 4.58. The molecule has 0 aromatic heterocycles.